The predicted octanol–water partition coefficient (Wildman–Crippen LogP) is 2.34. The van der Waals surface area contributed by atoms with Gasteiger partial charge in [-0.1, -0.05) is 13.0 Å². The molecular formula is C16H24N2O2. The van der Waals surface area contributed by atoms with Gasteiger partial charge in [-0.05, 0) is 50.7 Å². The van der Waals surface area contributed by atoms with E-state index in [2.05, 4.69) is 12.2 Å². The van der Waals surface area contributed by atoms with Crippen molar-refractivity contribution in [3.8, 4) is 5.75 Å². The van der Waals surface area contributed by atoms with E-state index in [0.29, 0.717) is 23.6 Å². The Balaban J connectivity index is 2.15. The first-order valence-corrected chi connectivity index (χ1v) is 7.28. The summed E-state index contributed by atoms with van der Waals surface area (Å²) in [6.07, 6.45) is 4.04. The third-order valence-electron chi connectivity index (χ3n) is 4.55. The zero-order chi connectivity index (χ0) is 14.8. The Bertz CT molecular complexity index is 491. The van der Waals surface area contributed by atoms with Crippen LogP contribution in [0.5, 0.6) is 5.75 Å². The first-order chi connectivity index (χ1) is 9.47. The highest BCUT2D eigenvalue weighted by atomic mass is 16.3. The van der Waals surface area contributed by atoms with Gasteiger partial charge < -0.3 is 16.2 Å². The van der Waals surface area contributed by atoms with Gasteiger partial charge in [-0.25, -0.2) is 0 Å². The van der Waals surface area contributed by atoms with Crippen molar-refractivity contribution in [2.75, 3.05) is 6.54 Å². The Morgan fingerprint density at radius 1 is 1.45 bits per heavy atom. The lowest BCUT2D eigenvalue weighted by atomic mass is 9.77. The first-order valence-electron chi connectivity index (χ1n) is 7.28. The van der Waals surface area contributed by atoms with Crippen LogP contribution in [0.2, 0.25) is 0 Å². The number of amides is 1. The molecule has 1 aliphatic rings. The highest BCUT2D eigenvalue weighted by molar-refractivity contribution is 5.96. The van der Waals surface area contributed by atoms with Gasteiger partial charge in [-0.2, -0.15) is 0 Å². The maximum absolute atomic E-state index is 12.5. The molecule has 0 bridgehead atoms. The van der Waals surface area contributed by atoms with E-state index in [4.69, 9.17) is 5.73 Å². The molecule has 1 aliphatic carbocycles. The average Bonchev–Trinajstić information content (AvgIpc) is 2.44. The fraction of sp³-hybridized carbons (Fsp3) is 0.562. The maximum Gasteiger partial charge on any atom is 0.252 e. The molecule has 4 nitrogen and oxygen atoms in total. The second kappa shape index (κ2) is 5.83. The Hall–Kier alpha value is -1.55. The van der Waals surface area contributed by atoms with Gasteiger partial charge in [0.2, 0.25) is 0 Å². The topological polar surface area (TPSA) is 75.3 Å². The van der Waals surface area contributed by atoms with Gasteiger partial charge in [0.05, 0.1) is 5.54 Å². The number of benzene rings is 1. The first kappa shape index (κ1) is 14.9. The zero-order valence-electron chi connectivity index (χ0n) is 12.3. The minimum Gasteiger partial charge on any atom is -0.508 e. The third-order valence-corrected chi connectivity index (χ3v) is 4.55. The Labute approximate surface area is 120 Å². The molecule has 4 N–H and O–H groups in total. The fourth-order valence-corrected chi connectivity index (χ4v) is 2.87. The molecular weight excluding hydrogens is 252 g/mol. The normalized spacial score (nSPS) is 26.2. The van der Waals surface area contributed by atoms with Crippen molar-refractivity contribution in [3.63, 3.8) is 0 Å². The number of hydrogen-bond donors (Lipinski definition) is 3. The van der Waals surface area contributed by atoms with Crippen molar-refractivity contribution < 1.29 is 9.90 Å². The lowest BCUT2D eigenvalue weighted by molar-refractivity contribution is 0.0859. The molecule has 0 radical (unpaired) electrons. The fourth-order valence-electron chi connectivity index (χ4n) is 2.87. The lowest BCUT2D eigenvalue weighted by Crippen LogP contribution is -2.55. The summed E-state index contributed by atoms with van der Waals surface area (Å²) in [6.45, 7) is 4.45. The van der Waals surface area contributed by atoms with Crippen LogP contribution < -0.4 is 11.1 Å². The van der Waals surface area contributed by atoms with E-state index in [1.54, 1.807) is 25.1 Å². The number of phenols is 1. The van der Waals surface area contributed by atoms with Crippen LogP contribution in [-0.2, 0) is 0 Å². The second-order valence-corrected chi connectivity index (χ2v) is 6.07. The monoisotopic (exact) mass is 276 g/mol. The van der Waals surface area contributed by atoms with Gasteiger partial charge in [-0.3, -0.25) is 4.79 Å². The Morgan fingerprint density at radius 3 is 2.70 bits per heavy atom. The van der Waals surface area contributed by atoms with Crippen molar-refractivity contribution in [2.45, 2.75) is 45.1 Å². The van der Waals surface area contributed by atoms with Crippen LogP contribution in [0.15, 0.2) is 18.2 Å². The summed E-state index contributed by atoms with van der Waals surface area (Å²) < 4.78 is 0. The maximum atomic E-state index is 12.5. The van der Waals surface area contributed by atoms with Gasteiger partial charge >= 0.3 is 0 Å². The van der Waals surface area contributed by atoms with Crippen molar-refractivity contribution in [1.82, 2.24) is 5.32 Å². The Kier molecular flexibility index (Phi) is 4.33. The quantitative estimate of drug-likeness (QED) is 0.793. The van der Waals surface area contributed by atoms with Crippen molar-refractivity contribution in [1.29, 1.82) is 0 Å². The molecule has 0 heterocycles. The summed E-state index contributed by atoms with van der Waals surface area (Å²) in [4.78, 5) is 12.5. The standard InChI is InChI=1S/C16H24N2O2/c1-11-6-8-16(10-17,9-7-11)18-15(20)13-4-3-5-14(19)12(13)2/h3-5,11,19H,6-10,17H2,1-2H3,(H,18,20). The van der Waals surface area contributed by atoms with E-state index < -0.39 is 0 Å². The molecule has 1 amide bonds. The molecule has 20 heavy (non-hydrogen) atoms. The van der Waals surface area contributed by atoms with Crippen LogP contribution in [0.3, 0.4) is 0 Å². The number of carbonyl (C=O) groups is 1. The smallest absolute Gasteiger partial charge is 0.252 e. The molecule has 0 atom stereocenters. The summed E-state index contributed by atoms with van der Waals surface area (Å²) in [7, 11) is 0. The van der Waals surface area contributed by atoms with E-state index in [1.165, 1.54) is 0 Å². The molecule has 110 valence electrons. The number of nitrogens with one attached hydrogen (secondary N) is 1. The molecule has 2 rings (SSSR count). The molecule has 0 spiro atoms. The van der Waals surface area contributed by atoms with E-state index in [0.717, 1.165) is 25.7 Å². The highest BCUT2D eigenvalue weighted by Crippen LogP contribution is 2.31. The zero-order valence-corrected chi connectivity index (χ0v) is 12.3. The largest absolute Gasteiger partial charge is 0.508 e. The number of aromatic hydroxyl groups is 1. The van der Waals surface area contributed by atoms with Crippen LogP contribution in [-0.4, -0.2) is 23.1 Å². The second-order valence-electron chi connectivity index (χ2n) is 6.07. The van der Waals surface area contributed by atoms with Gasteiger partial charge in [0, 0.05) is 17.7 Å². The number of carbonyl (C=O) groups excluding carboxylic acids is 1. The van der Waals surface area contributed by atoms with Gasteiger partial charge in [0.25, 0.3) is 5.91 Å². The van der Waals surface area contributed by atoms with Crippen LogP contribution >= 0.6 is 0 Å². The summed E-state index contributed by atoms with van der Waals surface area (Å²) in [5.41, 5.74) is 6.76. The molecule has 0 aromatic heterocycles. The van der Waals surface area contributed by atoms with Gasteiger partial charge in [0.1, 0.15) is 5.75 Å². The molecule has 0 saturated heterocycles. The molecule has 1 aromatic rings. The highest BCUT2D eigenvalue weighted by Gasteiger charge is 2.34. The average molecular weight is 276 g/mol. The van der Waals surface area contributed by atoms with E-state index >= 15 is 0 Å². The molecule has 0 aliphatic heterocycles. The number of phenolic OH excluding ortho intramolecular Hbond substituents is 1. The Morgan fingerprint density at radius 2 is 2.10 bits per heavy atom. The van der Waals surface area contributed by atoms with E-state index in [9.17, 15) is 9.90 Å². The van der Waals surface area contributed by atoms with Gasteiger partial charge in [0.15, 0.2) is 0 Å². The summed E-state index contributed by atoms with van der Waals surface area (Å²) in [5, 5.41) is 12.8. The third kappa shape index (κ3) is 2.96. The van der Waals surface area contributed by atoms with Crippen LogP contribution in [0.1, 0.15) is 48.5 Å². The lowest BCUT2D eigenvalue weighted by Gasteiger charge is -2.39. The van der Waals surface area contributed by atoms with E-state index in [1.807, 2.05) is 0 Å². The predicted molar refractivity (Wildman–Crippen MR) is 79.7 cm³/mol. The van der Waals surface area contributed by atoms with Crippen molar-refractivity contribution in [2.24, 2.45) is 11.7 Å². The number of hydrogen-bond acceptors (Lipinski definition) is 3. The number of nitrogens with two attached hydrogens (primary N) is 1. The van der Waals surface area contributed by atoms with Crippen LogP contribution in [0.4, 0.5) is 0 Å². The SMILES string of the molecule is Cc1c(O)cccc1C(=O)NC1(CN)CCC(C)CC1. The van der Waals surface area contributed by atoms with Crippen molar-refractivity contribution in [3.05, 3.63) is 29.3 Å². The molecule has 1 saturated carbocycles. The van der Waals surface area contributed by atoms with Crippen LogP contribution in [0.25, 0.3) is 0 Å². The minimum absolute atomic E-state index is 0.140. The molecule has 0 unspecified atom stereocenters. The summed E-state index contributed by atoms with van der Waals surface area (Å²) in [6, 6.07) is 5.02. The molecule has 1 aromatic carbocycles. The molecule has 4 heteroatoms. The number of rotatable bonds is 3. The van der Waals surface area contributed by atoms with Crippen LogP contribution in [0, 0.1) is 12.8 Å². The minimum atomic E-state index is -0.290. The summed E-state index contributed by atoms with van der Waals surface area (Å²) >= 11 is 0. The molecule has 1 fully saturated rings. The van der Waals surface area contributed by atoms with E-state index in [-0.39, 0.29) is 17.2 Å². The van der Waals surface area contributed by atoms with Crippen molar-refractivity contribution >= 4 is 5.91 Å². The van der Waals surface area contributed by atoms with Gasteiger partial charge in [-0.15, -0.1) is 0 Å². The summed E-state index contributed by atoms with van der Waals surface area (Å²) in [5.74, 6) is 0.712.